The number of benzene rings is 1. The molecule has 1 aromatic heterocycles. The Labute approximate surface area is 124 Å². The van der Waals surface area contributed by atoms with Crippen LogP contribution in [-0.4, -0.2) is 4.98 Å². The summed E-state index contributed by atoms with van der Waals surface area (Å²) < 4.78 is 2.13. The third-order valence-electron chi connectivity index (χ3n) is 2.77. The van der Waals surface area contributed by atoms with E-state index in [0.29, 0.717) is 0 Å². The van der Waals surface area contributed by atoms with Crippen LogP contribution in [0.15, 0.2) is 33.2 Å². The molecule has 0 aliphatic rings. The van der Waals surface area contributed by atoms with Crippen LogP contribution < -0.4 is 5.32 Å². The first-order valence-corrected chi connectivity index (χ1v) is 7.23. The van der Waals surface area contributed by atoms with Gasteiger partial charge >= 0.3 is 0 Å². The second kappa shape index (κ2) is 5.41. The first kappa shape index (κ1) is 13.6. The standard InChI is InChI=1S/C14H14Br2N2/c1-8-6-11(15)7-9(2)14(8)18-13-5-4-12(16)10(3)17-13/h4-7H,1-3H3,(H,17,18). The van der Waals surface area contributed by atoms with Gasteiger partial charge in [-0.2, -0.15) is 0 Å². The van der Waals surface area contributed by atoms with Gasteiger partial charge in [-0.1, -0.05) is 15.9 Å². The Hall–Kier alpha value is -0.870. The van der Waals surface area contributed by atoms with Crippen LogP contribution in [0.25, 0.3) is 0 Å². The first-order chi connectivity index (χ1) is 8.47. The molecule has 18 heavy (non-hydrogen) atoms. The Bertz CT molecular complexity index is 571. The van der Waals surface area contributed by atoms with E-state index in [4.69, 9.17) is 0 Å². The maximum atomic E-state index is 4.50. The van der Waals surface area contributed by atoms with Crippen molar-refractivity contribution in [2.75, 3.05) is 5.32 Å². The molecule has 0 saturated heterocycles. The SMILES string of the molecule is Cc1cc(Br)cc(C)c1Nc1ccc(Br)c(C)n1. The fraction of sp³-hybridized carbons (Fsp3) is 0.214. The van der Waals surface area contributed by atoms with Gasteiger partial charge in [0.15, 0.2) is 0 Å². The van der Waals surface area contributed by atoms with Crippen LogP contribution >= 0.6 is 31.9 Å². The number of hydrogen-bond donors (Lipinski definition) is 1. The molecule has 1 aromatic carbocycles. The second-order valence-electron chi connectivity index (χ2n) is 4.30. The zero-order valence-electron chi connectivity index (χ0n) is 10.5. The molecule has 2 rings (SSSR count). The van der Waals surface area contributed by atoms with Crippen molar-refractivity contribution in [2.45, 2.75) is 20.8 Å². The third kappa shape index (κ3) is 2.93. The summed E-state index contributed by atoms with van der Waals surface area (Å²) in [4.78, 5) is 4.50. The molecule has 0 bridgehead atoms. The molecule has 0 fully saturated rings. The molecule has 0 aliphatic carbocycles. The van der Waals surface area contributed by atoms with Gasteiger partial charge in [0.25, 0.3) is 0 Å². The molecule has 0 radical (unpaired) electrons. The van der Waals surface area contributed by atoms with E-state index in [1.54, 1.807) is 0 Å². The highest BCUT2D eigenvalue weighted by Gasteiger charge is 2.06. The zero-order valence-corrected chi connectivity index (χ0v) is 13.7. The number of anilines is 2. The van der Waals surface area contributed by atoms with E-state index in [0.717, 1.165) is 26.1 Å². The van der Waals surface area contributed by atoms with E-state index in [-0.39, 0.29) is 0 Å². The van der Waals surface area contributed by atoms with Crippen LogP contribution in [0.4, 0.5) is 11.5 Å². The predicted octanol–water partition coefficient (Wildman–Crippen LogP) is 5.28. The lowest BCUT2D eigenvalue weighted by Gasteiger charge is -2.13. The highest BCUT2D eigenvalue weighted by molar-refractivity contribution is 9.10. The van der Waals surface area contributed by atoms with Crippen molar-refractivity contribution < 1.29 is 0 Å². The van der Waals surface area contributed by atoms with E-state index in [9.17, 15) is 0 Å². The fourth-order valence-electron chi connectivity index (χ4n) is 1.85. The highest BCUT2D eigenvalue weighted by Crippen LogP contribution is 2.28. The minimum Gasteiger partial charge on any atom is -0.340 e. The van der Waals surface area contributed by atoms with Crippen molar-refractivity contribution in [3.8, 4) is 0 Å². The predicted molar refractivity (Wildman–Crippen MR) is 83.6 cm³/mol. The number of rotatable bonds is 2. The Morgan fingerprint density at radius 2 is 1.61 bits per heavy atom. The quantitative estimate of drug-likeness (QED) is 0.779. The van der Waals surface area contributed by atoms with E-state index in [1.165, 1.54) is 11.1 Å². The van der Waals surface area contributed by atoms with Crippen LogP contribution in [0.5, 0.6) is 0 Å². The average Bonchev–Trinajstić information content (AvgIpc) is 2.28. The molecule has 0 amide bonds. The monoisotopic (exact) mass is 368 g/mol. The summed E-state index contributed by atoms with van der Waals surface area (Å²) in [5, 5.41) is 3.38. The highest BCUT2D eigenvalue weighted by atomic mass is 79.9. The smallest absolute Gasteiger partial charge is 0.130 e. The maximum Gasteiger partial charge on any atom is 0.130 e. The van der Waals surface area contributed by atoms with Crippen molar-refractivity contribution in [1.82, 2.24) is 4.98 Å². The molecular formula is C14H14Br2N2. The van der Waals surface area contributed by atoms with Crippen molar-refractivity contribution in [1.29, 1.82) is 0 Å². The number of aromatic nitrogens is 1. The number of nitrogens with zero attached hydrogens (tertiary/aromatic N) is 1. The summed E-state index contributed by atoms with van der Waals surface area (Å²) in [5.41, 5.74) is 4.49. The Morgan fingerprint density at radius 1 is 1.00 bits per heavy atom. The van der Waals surface area contributed by atoms with Gasteiger partial charge in [0.1, 0.15) is 5.82 Å². The molecule has 0 aliphatic heterocycles. The van der Waals surface area contributed by atoms with Crippen LogP contribution in [0.2, 0.25) is 0 Å². The Kier molecular flexibility index (Phi) is 4.07. The number of nitrogens with one attached hydrogen (secondary N) is 1. The summed E-state index contributed by atoms with van der Waals surface area (Å²) in [7, 11) is 0. The molecule has 0 saturated carbocycles. The van der Waals surface area contributed by atoms with Crippen molar-refractivity contribution in [3.05, 3.63) is 50.0 Å². The second-order valence-corrected chi connectivity index (χ2v) is 6.07. The van der Waals surface area contributed by atoms with Gasteiger partial charge in [0, 0.05) is 14.6 Å². The zero-order chi connectivity index (χ0) is 13.3. The van der Waals surface area contributed by atoms with Crippen molar-refractivity contribution in [2.24, 2.45) is 0 Å². The number of aryl methyl sites for hydroxylation is 3. The molecular weight excluding hydrogens is 356 g/mol. The van der Waals surface area contributed by atoms with Gasteiger partial charge in [-0.15, -0.1) is 0 Å². The van der Waals surface area contributed by atoms with Crippen LogP contribution in [0, 0.1) is 20.8 Å². The van der Waals surface area contributed by atoms with Gasteiger partial charge in [0.2, 0.25) is 0 Å². The van der Waals surface area contributed by atoms with Gasteiger partial charge in [-0.3, -0.25) is 0 Å². The average molecular weight is 370 g/mol. The molecule has 0 atom stereocenters. The summed E-state index contributed by atoms with van der Waals surface area (Å²) in [5.74, 6) is 0.865. The van der Waals surface area contributed by atoms with E-state index >= 15 is 0 Å². The topological polar surface area (TPSA) is 24.9 Å². The molecule has 94 valence electrons. The number of halogens is 2. The maximum absolute atomic E-state index is 4.50. The van der Waals surface area contributed by atoms with E-state index in [2.05, 4.69) is 68.1 Å². The summed E-state index contributed by atoms with van der Waals surface area (Å²) in [6.07, 6.45) is 0. The summed E-state index contributed by atoms with van der Waals surface area (Å²) in [6.45, 7) is 6.16. The lowest BCUT2D eigenvalue weighted by molar-refractivity contribution is 1.17. The lowest BCUT2D eigenvalue weighted by atomic mass is 10.1. The van der Waals surface area contributed by atoms with Crippen LogP contribution in [0.3, 0.4) is 0 Å². The minimum atomic E-state index is 0.865. The Morgan fingerprint density at radius 3 is 2.17 bits per heavy atom. The molecule has 2 aromatic rings. The fourth-order valence-corrected chi connectivity index (χ4v) is 2.76. The molecule has 2 nitrogen and oxygen atoms in total. The van der Waals surface area contributed by atoms with Gasteiger partial charge < -0.3 is 5.32 Å². The molecule has 1 heterocycles. The molecule has 4 heteroatoms. The van der Waals surface area contributed by atoms with Gasteiger partial charge in [-0.25, -0.2) is 4.98 Å². The third-order valence-corrected chi connectivity index (χ3v) is 4.07. The molecule has 1 N–H and O–H groups in total. The minimum absolute atomic E-state index is 0.865. The summed E-state index contributed by atoms with van der Waals surface area (Å²) in [6, 6.07) is 8.17. The normalized spacial score (nSPS) is 10.5. The van der Waals surface area contributed by atoms with Crippen LogP contribution in [-0.2, 0) is 0 Å². The van der Waals surface area contributed by atoms with Crippen molar-refractivity contribution in [3.63, 3.8) is 0 Å². The summed E-state index contributed by atoms with van der Waals surface area (Å²) >= 11 is 6.96. The Balaban J connectivity index is 2.37. The lowest BCUT2D eigenvalue weighted by Crippen LogP contribution is -1.99. The van der Waals surface area contributed by atoms with Gasteiger partial charge in [-0.05, 0) is 72.1 Å². The number of pyridine rings is 1. The van der Waals surface area contributed by atoms with Gasteiger partial charge in [0.05, 0.1) is 5.69 Å². The van der Waals surface area contributed by atoms with E-state index in [1.807, 2.05) is 19.1 Å². The molecule has 0 unspecified atom stereocenters. The van der Waals surface area contributed by atoms with Crippen molar-refractivity contribution >= 4 is 43.4 Å². The number of hydrogen-bond acceptors (Lipinski definition) is 2. The largest absolute Gasteiger partial charge is 0.340 e. The van der Waals surface area contributed by atoms with Crippen LogP contribution in [0.1, 0.15) is 16.8 Å². The van der Waals surface area contributed by atoms with E-state index < -0.39 is 0 Å². The first-order valence-electron chi connectivity index (χ1n) is 5.64. The molecule has 0 spiro atoms.